The molecular weight excluding hydrogens is 250 g/mol. The number of nitrogens with zero attached hydrogens (tertiary/aromatic N) is 1. The second-order valence-corrected chi connectivity index (χ2v) is 3.99. The number of rotatable bonds is 5. The van der Waals surface area contributed by atoms with Gasteiger partial charge in [-0.2, -0.15) is 4.39 Å². The molecule has 3 nitrogen and oxygen atoms in total. The molecule has 0 aliphatic rings. The highest BCUT2D eigenvalue weighted by Gasteiger charge is 2.09. The average Bonchev–Trinajstić information content (AvgIpc) is 2.42. The highest BCUT2D eigenvalue weighted by Crippen LogP contribution is 2.26. The number of aromatic nitrogens is 1. The third-order valence-corrected chi connectivity index (χ3v) is 2.44. The molecule has 1 heterocycles. The molecule has 0 aliphatic carbocycles. The second kappa shape index (κ2) is 6.13. The number of nitrogens with one attached hydrogen (secondary N) is 1. The van der Waals surface area contributed by atoms with Crippen LogP contribution in [-0.2, 0) is 0 Å². The van der Waals surface area contributed by atoms with E-state index < -0.39 is 11.6 Å². The molecule has 19 heavy (non-hydrogen) atoms. The summed E-state index contributed by atoms with van der Waals surface area (Å²) in [5.41, 5.74) is 0.774. The maximum absolute atomic E-state index is 13.5. The molecule has 100 valence electrons. The Balaban J connectivity index is 2.16. The van der Waals surface area contributed by atoms with Crippen molar-refractivity contribution < 1.29 is 13.5 Å². The van der Waals surface area contributed by atoms with Crippen LogP contribution in [0.4, 0.5) is 14.5 Å². The molecule has 0 atom stereocenters. The average molecular weight is 264 g/mol. The lowest BCUT2D eigenvalue weighted by Crippen LogP contribution is -2.00. The first-order valence-corrected chi connectivity index (χ1v) is 6.01. The third-order valence-electron chi connectivity index (χ3n) is 2.44. The van der Waals surface area contributed by atoms with Gasteiger partial charge < -0.3 is 10.1 Å². The fraction of sp³-hybridized carbons (Fsp3) is 0.214. The zero-order valence-corrected chi connectivity index (χ0v) is 10.5. The van der Waals surface area contributed by atoms with Crippen molar-refractivity contribution in [1.29, 1.82) is 0 Å². The number of anilines is 1. The fourth-order valence-corrected chi connectivity index (χ4v) is 1.53. The Bertz CT molecular complexity index is 561. The Morgan fingerprint density at radius 1 is 1.26 bits per heavy atom. The Kier molecular flexibility index (Phi) is 4.28. The summed E-state index contributed by atoms with van der Waals surface area (Å²) < 4.78 is 31.8. The van der Waals surface area contributed by atoms with Crippen LogP contribution >= 0.6 is 0 Å². The predicted octanol–water partition coefficient (Wildman–Crippen LogP) is 3.97. The van der Waals surface area contributed by atoms with Crippen LogP contribution in [-0.4, -0.2) is 11.5 Å². The quantitative estimate of drug-likeness (QED) is 0.887. The first kappa shape index (κ1) is 13.3. The number of pyridine rings is 1. The SMILES string of the molecule is CCCNc1cncc(Oc2cccc(F)c2F)c1. The van der Waals surface area contributed by atoms with Crippen LogP contribution in [0.2, 0.25) is 0 Å². The van der Waals surface area contributed by atoms with Gasteiger partial charge in [0.2, 0.25) is 5.82 Å². The van der Waals surface area contributed by atoms with Crippen LogP contribution in [0.1, 0.15) is 13.3 Å². The van der Waals surface area contributed by atoms with Gasteiger partial charge in [-0.05, 0) is 18.6 Å². The van der Waals surface area contributed by atoms with Crippen molar-refractivity contribution in [3.63, 3.8) is 0 Å². The van der Waals surface area contributed by atoms with Gasteiger partial charge in [-0.15, -0.1) is 0 Å². The van der Waals surface area contributed by atoms with Crippen molar-refractivity contribution in [3.8, 4) is 11.5 Å². The largest absolute Gasteiger partial charge is 0.452 e. The monoisotopic (exact) mass is 264 g/mol. The Hall–Kier alpha value is -2.17. The lowest BCUT2D eigenvalue weighted by molar-refractivity contribution is 0.415. The molecule has 0 unspecified atom stereocenters. The van der Waals surface area contributed by atoms with Crippen LogP contribution in [0, 0.1) is 11.6 Å². The first-order valence-electron chi connectivity index (χ1n) is 6.01. The summed E-state index contributed by atoms with van der Waals surface area (Å²) in [5, 5.41) is 3.14. The van der Waals surface area contributed by atoms with Crippen molar-refractivity contribution in [2.24, 2.45) is 0 Å². The van der Waals surface area contributed by atoms with E-state index in [1.165, 1.54) is 18.3 Å². The summed E-state index contributed by atoms with van der Waals surface area (Å²) >= 11 is 0. The highest BCUT2D eigenvalue weighted by molar-refractivity contribution is 5.46. The molecule has 2 aromatic rings. The number of hydrogen-bond donors (Lipinski definition) is 1. The molecule has 2 rings (SSSR count). The second-order valence-electron chi connectivity index (χ2n) is 3.99. The normalized spacial score (nSPS) is 10.3. The Morgan fingerprint density at radius 2 is 2.11 bits per heavy atom. The van der Waals surface area contributed by atoms with Crippen LogP contribution < -0.4 is 10.1 Å². The van der Waals surface area contributed by atoms with E-state index in [-0.39, 0.29) is 5.75 Å². The molecule has 0 spiro atoms. The minimum absolute atomic E-state index is 0.158. The van der Waals surface area contributed by atoms with Gasteiger partial charge in [0.25, 0.3) is 0 Å². The lowest BCUT2D eigenvalue weighted by atomic mass is 10.3. The topological polar surface area (TPSA) is 34.2 Å². The van der Waals surface area contributed by atoms with Crippen molar-refractivity contribution in [2.45, 2.75) is 13.3 Å². The van der Waals surface area contributed by atoms with Gasteiger partial charge in [-0.25, -0.2) is 4.39 Å². The van der Waals surface area contributed by atoms with E-state index in [0.29, 0.717) is 5.75 Å². The third kappa shape index (κ3) is 3.40. The zero-order chi connectivity index (χ0) is 13.7. The summed E-state index contributed by atoms with van der Waals surface area (Å²) in [5.74, 6) is -1.75. The first-order chi connectivity index (χ1) is 9.20. The van der Waals surface area contributed by atoms with E-state index in [1.807, 2.05) is 6.92 Å². The van der Waals surface area contributed by atoms with Crippen molar-refractivity contribution in [3.05, 3.63) is 48.3 Å². The van der Waals surface area contributed by atoms with E-state index in [1.54, 1.807) is 12.3 Å². The highest BCUT2D eigenvalue weighted by atomic mass is 19.2. The van der Waals surface area contributed by atoms with Gasteiger partial charge in [0.1, 0.15) is 5.75 Å². The minimum Gasteiger partial charge on any atom is -0.452 e. The lowest BCUT2D eigenvalue weighted by Gasteiger charge is -2.09. The predicted molar refractivity (Wildman–Crippen MR) is 69.4 cm³/mol. The molecule has 0 fully saturated rings. The van der Waals surface area contributed by atoms with E-state index in [9.17, 15) is 8.78 Å². The molecule has 1 aromatic carbocycles. The molecule has 5 heteroatoms. The molecule has 0 saturated carbocycles. The molecule has 0 radical (unpaired) electrons. The molecule has 1 N–H and O–H groups in total. The fourth-order valence-electron chi connectivity index (χ4n) is 1.53. The molecule has 0 amide bonds. The van der Waals surface area contributed by atoms with Crippen LogP contribution in [0.25, 0.3) is 0 Å². The molecule has 0 saturated heterocycles. The zero-order valence-electron chi connectivity index (χ0n) is 10.5. The van der Waals surface area contributed by atoms with Gasteiger partial charge in [0, 0.05) is 12.6 Å². The van der Waals surface area contributed by atoms with Gasteiger partial charge in [0.15, 0.2) is 11.6 Å². The van der Waals surface area contributed by atoms with E-state index in [0.717, 1.165) is 24.7 Å². The smallest absolute Gasteiger partial charge is 0.201 e. The number of benzene rings is 1. The van der Waals surface area contributed by atoms with Crippen molar-refractivity contribution >= 4 is 5.69 Å². The minimum atomic E-state index is -1.01. The van der Waals surface area contributed by atoms with Gasteiger partial charge in [-0.3, -0.25) is 4.98 Å². The number of hydrogen-bond acceptors (Lipinski definition) is 3. The Labute approximate surface area is 110 Å². The maximum atomic E-state index is 13.5. The summed E-state index contributed by atoms with van der Waals surface area (Å²) in [7, 11) is 0. The van der Waals surface area contributed by atoms with Crippen molar-refractivity contribution in [1.82, 2.24) is 4.98 Å². The Morgan fingerprint density at radius 3 is 2.89 bits per heavy atom. The summed E-state index contributed by atoms with van der Waals surface area (Å²) in [4.78, 5) is 3.98. The number of ether oxygens (including phenoxy) is 1. The molecule has 1 aromatic heterocycles. The van der Waals surface area contributed by atoms with Gasteiger partial charge >= 0.3 is 0 Å². The van der Waals surface area contributed by atoms with E-state index >= 15 is 0 Å². The summed E-state index contributed by atoms with van der Waals surface area (Å²) in [6, 6.07) is 5.48. The van der Waals surface area contributed by atoms with Crippen LogP contribution in [0.3, 0.4) is 0 Å². The molecular formula is C14H14F2N2O. The maximum Gasteiger partial charge on any atom is 0.201 e. The van der Waals surface area contributed by atoms with Gasteiger partial charge in [-0.1, -0.05) is 13.0 Å². The van der Waals surface area contributed by atoms with E-state index in [2.05, 4.69) is 10.3 Å². The van der Waals surface area contributed by atoms with Crippen LogP contribution in [0.15, 0.2) is 36.7 Å². The van der Waals surface area contributed by atoms with E-state index in [4.69, 9.17) is 4.74 Å². The standard InChI is InChI=1S/C14H14F2N2O/c1-2-6-18-10-7-11(9-17-8-10)19-13-5-3-4-12(15)14(13)16/h3-5,7-9,18H,2,6H2,1H3. The van der Waals surface area contributed by atoms with Crippen molar-refractivity contribution in [2.75, 3.05) is 11.9 Å². The molecule has 0 bridgehead atoms. The number of halogens is 2. The van der Waals surface area contributed by atoms with Gasteiger partial charge in [0.05, 0.1) is 18.1 Å². The summed E-state index contributed by atoms with van der Waals surface area (Å²) in [6.45, 7) is 2.85. The van der Waals surface area contributed by atoms with Crippen LogP contribution in [0.5, 0.6) is 11.5 Å². The molecule has 0 aliphatic heterocycles. The summed E-state index contributed by atoms with van der Waals surface area (Å²) in [6.07, 6.45) is 4.07.